The number of amides is 3. The lowest BCUT2D eigenvalue weighted by Crippen LogP contribution is -2.40. The van der Waals surface area contributed by atoms with Crippen LogP contribution in [0.15, 0.2) is 29.6 Å². The summed E-state index contributed by atoms with van der Waals surface area (Å²) in [6.07, 6.45) is 4.52. The van der Waals surface area contributed by atoms with E-state index >= 15 is 0 Å². The number of urea groups is 1. The van der Waals surface area contributed by atoms with Crippen molar-refractivity contribution in [2.45, 2.75) is 38.0 Å². The Morgan fingerprint density at radius 3 is 2.72 bits per heavy atom. The molecule has 2 aliphatic rings. The number of hydrogen-bond acceptors (Lipinski definition) is 4. The molecule has 2 aromatic rings. The lowest BCUT2D eigenvalue weighted by atomic mass is 9.98. The predicted molar refractivity (Wildman–Crippen MR) is 111 cm³/mol. The second-order valence-corrected chi connectivity index (χ2v) is 8.58. The molecule has 3 amide bonds. The van der Waals surface area contributed by atoms with E-state index in [0.29, 0.717) is 31.2 Å². The van der Waals surface area contributed by atoms with Crippen molar-refractivity contribution in [3.63, 3.8) is 0 Å². The van der Waals surface area contributed by atoms with Gasteiger partial charge in [-0.2, -0.15) is 0 Å². The first-order valence-corrected chi connectivity index (χ1v) is 11.0. The van der Waals surface area contributed by atoms with Crippen LogP contribution in [0.5, 0.6) is 0 Å². The Kier molecular flexibility index (Phi) is 6.08. The number of rotatable bonds is 6. The van der Waals surface area contributed by atoms with Gasteiger partial charge in [0.1, 0.15) is 5.82 Å². The molecule has 8 heteroatoms. The summed E-state index contributed by atoms with van der Waals surface area (Å²) < 4.78 is 13.3. The molecule has 1 saturated carbocycles. The molecular weight excluding hydrogens is 391 g/mol. The maximum Gasteiger partial charge on any atom is 0.321 e. The van der Waals surface area contributed by atoms with Gasteiger partial charge in [-0.3, -0.25) is 4.79 Å². The second-order valence-electron chi connectivity index (χ2n) is 7.69. The van der Waals surface area contributed by atoms with Crippen LogP contribution in [0.25, 0.3) is 0 Å². The topological polar surface area (TPSA) is 74.3 Å². The van der Waals surface area contributed by atoms with Gasteiger partial charge in [-0.25, -0.2) is 14.2 Å². The first kappa shape index (κ1) is 19.8. The average Bonchev–Trinajstić information content (AvgIpc) is 3.47. The third kappa shape index (κ3) is 5.32. The van der Waals surface area contributed by atoms with Crippen molar-refractivity contribution in [2.24, 2.45) is 5.92 Å². The molecule has 4 rings (SSSR count). The highest BCUT2D eigenvalue weighted by Crippen LogP contribution is 2.31. The van der Waals surface area contributed by atoms with Crippen molar-refractivity contribution in [3.8, 4) is 0 Å². The van der Waals surface area contributed by atoms with Crippen molar-refractivity contribution in [1.29, 1.82) is 0 Å². The van der Waals surface area contributed by atoms with Gasteiger partial charge in [-0.15, -0.1) is 11.3 Å². The molecule has 0 spiro atoms. The van der Waals surface area contributed by atoms with Crippen LogP contribution >= 0.6 is 11.3 Å². The number of aromatic nitrogens is 1. The number of likely N-dealkylation sites (tertiary alicyclic amines) is 1. The molecule has 1 aromatic heterocycles. The molecule has 1 aromatic carbocycles. The van der Waals surface area contributed by atoms with E-state index in [1.54, 1.807) is 28.4 Å². The molecule has 154 valence electrons. The summed E-state index contributed by atoms with van der Waals surface area (Å²) in [4.78, 5) is 30.6. The van der Waals surface area contributed by atoms with Gasteiger partial charge in [0.15, 0.2) is 0 Å². The van der Waals surface area contributed by atoms with Crippen LogP contribution in [0, 0.1) is 11.7 Å². The molecule has 2 N–H and O–H groups in total. The van der Waals surface area contributed by atoms with Gasteiger partial charge in [0.05, 0.1) is 10.7 Å². The first-order valence-electron chi connectivity index (χ1n) is 10.1. The van der Waals surface area contributed by atoms with E-state index in [2.05, 4.69) is 16.0 Å². The summed E-state index contributed by atoms with van der Waals surface area (Å²) in [5.74, 6) is 0.398. The normalized spacial score (nSPS) is 17.2. The zero-order chi connectivity index (χ0) is 20.2. The third-order valence-electron chi connectivity index (χ3n) is 5.41. The van der Waals surface area contributed by atoms with Gasteiger partial charge < -0.3 is 15.5 Å². The van der Waals surface area contributed by atoms with Gasteiger partial charge in [0.25, 0.3) is 0 Å². The van der Waals surface area contributed by atoms with E-state index in [9.17, 15) is 14.0 Å². The molecule has 2 fully saturated rings. The maximum atomic E-state index is 13.3. The van der Waals surface area contributed by atoms with Crippen LogP contribution in [-0.2, 0) is 11.2 Å². The fourth-order valence-electron chi connectivity index (χ4n) is 3.53. The molecule has 0 radical (unpaired) electrons. The summed E-state index contributed by atoms with van der Waals surface area (Å²) in [5, 5.41) is 8.91. The van der Waals surface area contributed by atoms with Crippen LogP contribution in [0.2, 0.25) is 0 Å². The molecule has 2 heterocycles. The van der Waals surface area contributed by atoms with E-state index < -0.39 is 0 Å². The van der Waals surface area contributed by atoms with Crippen molar-refractivity contribution in [3.05, 3.63) is 46.2 Å². The van der Waals surface area contributed by atoms with E-state index in [-0.39, 0.29) is 23.7 Å². The van der Waals surface area contributed by atoms with Crippen molar-refractivity contribution in [1.82, 2.24) is 15.2 Å². The summed E-state index contributed by atoms with van der Waals surface area (Å²) in [5.41, 5.74) is 1.49. The highest BCUT2D eigenvalue weighted by Gasteiger charge is 2.29. The van der Waals surface area contributed by atoms with E-state index in [1.807, 2.05) is 0 Å². The van der Waals surface area contributed by atoms with Crippen molar-refractivity contribution >= 4 is 29.0 Å². The summed E-state index contributed by atoms with van der Waals surface area (Å²) in [6, 6.07) is 5.73. The van der Waals surface area contributed by atoms with E-state index in [1.165, 1.54) is 12.1 Å². The lowest BCUT2D eigenvalue weighted by Gasteiger charge is -2.31. The highest BCUT2D eigenvalue weighted by molar-refractivity contribution is 7.09. The van der Waals surface area contributed by atoms with Gasteiger partial charge >= 0.3 is 6.03 Å². The predicted octanol–water partition coefficient (Wildman–Crippen LogP) is 3.76. The monoisotopic (exact) mass is 416 g/mol. The molecule has 0 bridgehead atoms. The molecule has 29 heavy (non-hydrogen) atoms. The zero-order valence-corrected chi connectivity index (χ0v) is 17.0. The van der Waals surface area contributed by atoms with Crippen LogP contribution < -0.4 is 10.6 Å². The molecule has 0 unspecified atom stereocenters. The molecule has 0 atom stereocenters. The van der Waals surface area contributed by atoms with Crippen LogP contribution in [0.4, 0.5) is 14.9 Å². The number of nitrogens with one attached hydrogen (secondary N) is 2. The average molecular weight is 417 g/mol. The fourth-order valence-corrected chi connectivity index (χ4v) is 4.55. The van der Waals surface area contributed by atoms with Crippen molar-refractivity contribution in [2.75, 3.05) is 25.0 Å². The molecule has 6 nitrogen and oxygen atoms in total. The number of halogens is 1. The molecular formula is C21H25FN4O2S. The minimum Gasteiger partial charge on any atom is -0.355 e. The number of piperidine rings is 1. The summed E-state index contributed by atoms with van der Waals surface area (Å²) >= 11 is 1.66. The Bertz CT molecular complexity index is 875. The van der Waals surface area contributed by atoms with Gasteiger partial charge in [0, 0.05) is 49.0 Å². The van der Waals surface area contributed by atoms with Crippen molar-refractivity contribution < 1.29 is 14.0 Å². The largest absolute Gasteiger partial charge is 0.355 e. The quantitative estimate of drug-likeness (QED) is 0.753. The number of anilines is 1. The number of nitrogens with zero attached hydrogens (tertiary/aromatic N) is 2. The Morgan fingerprint density at radius 2 is 2.00 bits per heavy atom. The number of carbonyl (C=O) groups is 2. The van der Waals surface area contributed by atoms with E-state index in [0.717, 1.165) is 42.8 Å². The SMILES string of the molecule is O=C(NCCc1csc(C2CCN(C(=O)Nc3cccc(F)c3)CC2)n1)C1CC1. The number of benzene rings is 1. The smallest absolute Gasteiger partial charge is 0.321 e. The van der Waals surface area contributed by atoms with Gasteiger partial charge in [-0.05, 0) is 43.9 Å². The Morgan fingerprint density at radius 1 is 1.21 bits per heavy atom. The summed E-state index contributed by atoms with van der Waals surface area (Å²) in [6.45, 7) is 1.94. The molecule has 1 saturated heterocycles. The van der Waals surface area contributed by atoms with E-state index in [4.69, 9.17) is 4.98 Å². The molecule has 1 aliphatic carbocycles. The third-order valence-corrected chi connectivity index (χ3v) is 6.46. The van der Waals surface area contributed by atoms with Crippen LogP contribution in [0.1, 0.15) is 42.3 Å². The maximum absolute atomic E-state index is 13.3. The Labute approximate surface area is 173 Å². The Hall–Kier alpha value is -2.48. The zero-order valence-electron chi connectivity index (χ0n) is 16.2. The van der Waals surface area contributed by atoms with Gasteiger partial charge in [-0.1, -0.05) is 6.07 Å². The number of thiazole rings is 1. The standard InChI is InChI=1S/C21H25FN4O2S/c22-16-2-1-3-17(12-16)25-21(28)26-10-7-15(8-11-26)20-24-18(13-29-20)6-9-23-19(27)14-4-5-14/h1-3,12-15H,4-11H2,(H,23,27)(H,25,28). The molecule has 1 aliphatic heterocycles. The highest BCUT2D eigenvalue weighted by atomic mass is 32.1. The van der Waals surface area contributed by atoms with Crippen LogP contribution in [-0.4, -0.2) is 41.5 Å². The van der Waals surface area contributed by atoms with Crippen LogP contribution in [0.3, 0.4) is 0 Å². The fraction of sp³-hybridized carbons (Fsp3) is 0.476. The van der Waals surface area contributed by atoms with Gasteiger partial charge in [0.2, 0.25) is 5.91 Å². The lowest BCUT2D eigenvalue weighted by molar-refractivity contribution is -0.122. The minimum atomic E-state index is -0.367. The summed E-state index contributed by atoms with van der Waals surface area (Å²) in [7, 11) is 0. The number of hydrogen-bond donors (Lipinski definition) is 2. The number of carbonyl (C=O) groups excluding carboxylic acids is 2. The minimum absolute atomic E-state index is 0.171. The Balaban J connectivity index is 1.22. The first-order chi connectivity index (χ1) is 14.1. The second kappa shape index (κ2) is 8.90.